The van der Waals surface area contributed by atoms with E-state index < -0.39 is 0 Å². The molecule has 0 amide bonds. The van der Waals surface area contributed by atoms with Crippen molar-refractivity contribution < 1.29 is 0 Å². The van der Waals surface area contributed by atoms with Gasteiger partial charge in [0, 0.05) is 29.1 Å². The summed E-state index contributed by atoms with van der Waals surface area (Å²) in [6.07, 6.45) is 2.02. The first-order valence-electron chi connectivity index (χ1n) is 11.6. The van der Waals surface area contributed by atoms with E-state index in [4.69, 9.17) is 5.10 Å². The van der Waals surface area contributed by atoms with Crippen molar-refractivity contribution in [2.45, 2.75) is 0 Å². The number of nitrogens with zero attached hydrogens (tertiary/aromatic N) is 2. The molecule has 2 nitrogen and oxygen atoms in total. The van der Waals surface area contributed by atoms with E-state index >= 15 is 0 Å². The first kappa shape index (κ1) is 20.2. The molecule has 1 aromatic heterocycles. The summed E-state index contributed by atoms with van der Waals surface area (Å²) in [6.45, 7) is 0. The fourth-order valence-corrected chi connectivity index (χ4v) is 5.00. The maximum absolute atomic E-state index is 4.75. The highest BCUT2D eigenvalue weighted by Gasteiger charge is 2.25. The number of fused-ring (bicyclic) bond motifs is 1. The Bertz CT molecular complexity index is 1570. The van der Waals surface area contributed by atoms with Crippen LogP contribution >= 0.6 is 0 Å². The first-order valence-corrected chi connectivity index (χ1v) is 11.6. The number of aromatic nitrogens is 2. The van der Waals surface area contributed by atoms with E-state index in [1.54, 1.807) is 0 Å². The molecular formula is C32H24N2. The van der Waals surface area contributed by atoms with Crippen LogP contribution in [0.2, 0.25) is 0 Å². The molecule has 0 spiro atoms. The van der Waals surface area contributed by atoms with Crippen LogP contribution in [0.3, 0.4) is 0 Å². The van der Waals surface area contributed by atoms with Crippen LogP contribution in [-0.2, 0) is 7.05 Å². The molecule has 0 atom stereocenters. The molecule has 0 fully saturated rings. The van der Waals surface area contributed by atoms with Crippen LogP contribution < -0.4 is 0 Å². The predicted molar refractivity (Wildman–Crippen MR) is 142 cm³/mol. The number of hydrogen-bond donors (Lipinski definition) is 0. The molecule has 0 aliphatic carbocycles. The molecule has 34 heavy (non-hydrogen) atoms. The van der Waals surface area contributed by atoms with Crippen LogP contribution in [0.25, 0.3) is 55.4 Å². The highest BCUT2D eigenvalue weighted by atomic mass is 15.2. The maximum atomic E-state index is 4.75. The van der Waals surface area contributed by atoms with Crippen molar-refractivity contribution in [3.63, 3.8) is 0 Å². The minimum Gasteiger partial charge on any atom is -0.267 e. The SMILES string of the molecule is Cn1ncc2c(-c3ccccc3)c(-c3ccccc3)c(-c3ccccc3)c(-c3ccccc3)c21. The summed E-state index contributed by atoms with van der Waals surface area (Å²) in [6, 6.07) is 42.9. The Morgan fingerprint density at radius 3 is 1.24 bits per heavy atom. The third kappa shape index (κ3) is 3.32. The van der Waals surface area contributed by atoms with Gasteiger partial charge in [-0.3, -0.25) is 4.68 Å². The van der Waals surface area contributed by atoms with Gasteiger partial charge in [0.15, 0.2) is 0 Å². The highest BCUT2D eigenvalue weighted by Crippen LogP contribution is 2.50. The summed E-state index contributed by atoms with van der Waals surface area (Å²) >= 11 is 0. The zero-order valence-electron chi connectivity index (χ0n) is 19.0. The Labute approximate surface area is 199 Å². The molecule has 0 aliphatic heterocycles. The molecule has 6 aromatic rings. The van der Waals surface area contributed by atoms with E-state index in [2.05, 4.69) is 121 Å². The number of aryl methyl sites for hydroxylation is 1. The van der Waals surface area contributed by atoms with Crippen LogP contribution in [0.1, 0.15) is 0 Å². The van der Waals surface area contributed by atoms with Gasteiger partial charge in [0.1, 0.15) is 0 Å². The van der Waals surface area contributed by atoms with Gasteiger partial charge < -0.3 is 0 Å². The third-order valence-corrected chi connectivity index (χ3v) is 6.44. The fourth-order valence-electron chi connectivity index (χ4n) is 5.00. The van der Waals surface area contributed by atoms with Gasteiger partial charge in [0.05, 0.1) is 11.7 Å². The Balaban J connectivity index is 1.90. The molecule has 0 saturated heterocycles. The second kappa shape index (κ2) is 8.49. The average molecular weight is 437 g/mol. The summed E-state index contributed by atoms with van der Waals surface area (Å²) in [5.74, 6) is 0. The Morgan fingerprint density at radius 1 is 0.441 bits per heavy atom. The van der Waals surface area contributed by atoms with E-state index in [1.807, 2.05) is 17.9 Å². The maximum Gasteiger partial charge on any atom is 0.0770 e. The van der Waals surface area contributed by atoms with E-state index in [-0.39, 0.29) is 0 Å². The molecule has 0 saturated carbocycles. The van der Waals surface area contributed by atoms with E-state index in [0.717, 1.165) is 10.9 Å². The Hall–Kier alpha value is -4.43. The molecule has 0 bridgehead atoms. The van der Waals surface area contributed by atoms with Gasteiger partial charge in [0.2, 0.25) is 0 Å². The molecule has 6 rings (SSSR count). The highest BCUT2D eigenvalue weighted by molar-refractivity contribution is 6.17. The molecule has 0 unspecified atom stereocenters. The first-order chi connectivity index (χ1) is 16.8. The van der Waals surface area contributed by atoms with Gasteiger partial charge >= 0.3 is 0 Å². The largest absolute Gasteiger partial charge is 0.267 e. The minimum absolute atomic E-state index is 1.14. The average Bonchev–Trinajstić information content (AvgIpc) is 3.30. The van der Waals surface area contributed by atoms with Crippen LogP contribution in [0.5, 0.6) is 0 Å². The molecular weight excluding hydrogens is 412 g/mol. The third-order valence-electron chi connectivity index (χ3n) is 6.44. The van der Waals surface area contributed by atoms with Crippen molar-refractivity contribution in [3.8, 4) is 44.5 Å². The molecule has 162 valence electrons. The van der Waals surface area contributed by atoms with Crippen LogP contribution in [0.15, 0.2) is 128 Å². The normalized spacial score (nSPS) is 11.1. The van der Waals surface area contributed by atoms with Gasteiger partial charge in [-0.05, 0) is 27.8 Å². The van der Waals surface area contributed by atoms with Crippen molar-refractivity contribution >= 4 is 10.9 Å². The molecule has 5 aromatic carbocycles. The summed E-state index contributed by atoms with van der Waals surface area (Å²) < 4.78 is 2.02. The number of benzene rings is 5. The smallest absolute Gasteiger partial charge is 0.0770 e. The lowest BCUT2D eigenvalue weighted by Gasteiger charge is -2.23. The number of hydrogen-bond acceptors (Lipinski definition) is 1. The molecule has 0 aliphatic rings. The molecule has 1 heterocycles. The lowest BCUT2D eigenvalue weighted by atomic mass is 9.81. The second-order valence-electron chi connectivity index (χ2n) is 8.49. The molecule has 0 N–H and O–H groups in total. The minimum atomic E-state index is 1.14. The van der Waals surface area contributed by atoms with E-state index in [9.17, 15) is 0 Å². The van der Waals surface area contributed by atoms with Crippen molar-refractivity contribution in [2.24, 2.45) is 7.05 Å². The lowest BCUT2D eigenvalue weighted by molar-refractivity contribution is 0.797. The fraction of sp³-hybridized carbons (Fsp3) is 0.0312. The monoisotopic (exact) mass is 436 g/mol. The Morgan fingerprint density at radius 2 is 0.794 bits per heavy atom. The second-order valence-corrected chi connectivity index (χ2v) is 8.49. The van der Waals surface area contributed by atoms with E-state index in [1.165, 1.54) is 44.5 Å². The summed E-state index contributed by atoms with van der Waals surface area (Å²) in [4.78, 5) is 0. The predicted octanol–water partition coefficient (Wildman–Crippen LogP) is 8.24. The standard InChI is InChI=1S/C32H24N2/c1-34-32-27(22-33-34)28(23-14-6-2-7-15-23)29(24-16-8-3-9-17-24)30(25-18-10-4-11-19-25)31(32)26-20-12-5-13-21-26/h2-22H,1H3. The van der Waals surface area contributed by atoms with Crippen LogP contribution in [-0.4, -0.2) is 9.78 Å². The van der Waals surface area contributed by atoms with Crippen molar-refractivity contribution in [3.05, 3.63) is 128 Å². The summed E-state index contributed by atoms with van der Waals surface area (Å²) in [5.41, 5.74) is 10.8. The lowest BCUT2D eigenvalue weighted by Crippen LogP contribution is -1.99. The van der Waals surface area contributed by atoms with Gasteiger partial charge in [0.25, 0.3) is 0 Å². The molecule has 0 radical (unpaired) electrons. The van der Waals surface area contributed by atoms with Gasteiger partial charge in [-0.15, -0.1) is 0 Å². The quantitative estimate of drug-likeness (QED) is 0.272. The van der Waals surface area contributed by atoms with Crippen molar-refractivity contribution in [2.75, 3.05) is 0 Å². The van der Waals surface area contributed by atoms with Crippen molar-refractivity contribution in [1.82, 2.24) is 9.78 Å². The number of rotatable bonds is 4. The topological polar surface area (TPSA) is 17.8 Å². The zero-order valence-corrected chi connectivity index (χ0v) is 19.0. The summed E-state index contributed by atoms with van der Waals surface area (Å²) in [5, 5.41) is 5.91. The van der Waals surface area contributed by atoms with Crippen LogP contribution in [0, 0.1) is 0 Å². The van der Waals surface area contributed by atoms with Crippen LogP contribution in [0.4, 0.5) is 0 Å². The van der Waals surface area contributed by atoms with Gasteiger partial charge in [-0.25, -0.2) is 0 Å². The molecule has 2 heteroatoms. The Kier molecular flexibility index (Phi) is 5.04. The van der Waals surface area contributed by atoms with Gasteiger partial charge in [-0.1, -0.05) is 121 Å². The summed E-state index contributed by atoms with van der Waals surface area (Å²) in [7, 11) is 2.04. The van der Waals surface area contributed by atoms with Crippen molar-refractivity contribution in [1.29, 1.82) is 0 Å². The van der Waals surface area contributed by atoms with E-state index in [0.29, 0.717) is 0 Å². The van der Waals surface area contributed by atoms with Gasteiger partial charge in [-0.2, -0.15) is 5.10 Å². The zero-order chi connectivity index (χ0) is 22.9.